The van der Waals surface area contributed by atoms with Crippen LogP contribution < -0.4 is 0 Å². The van der Waals surface area contributed by atoms with Crippen LogP contribution in [0, 0.1) is 0 Å². The highest BCUT2D eigenvalue weighted by atomic mass is 15.2. The van der Waals surface area contributed by atoms with Crippen LogP contribution in [0.1, 0.15) is 0 Å². The fraction of sp³-hybridized carbons (Fsp3) is 0. The molecule has 0 spiro atoms. The van der Waals surface area contributed by atoms with Crippen molar-refractivity contribution in [1.29, 1.82) is 0 Å². The summed E-state index contributed by atoms with van der Waals surface area (Å²) in [6.07, 6.45) is 0. The molecule has 0 unspecified atom stereocenters. The zero-order valence-corrected chi connectivity index (χ0v) is 29.7. The highest BCUT2D eigenvalue weighted by Crippen LogP contribution is 2.46. The second kappa shape index (κ2) is 11.6. The van der Waals surface area contributed by atoms with Crippen LogP contribution in [0.3, 0.4) is 0 Å². The van der Waals surface area contributed by atoms with Gasteiger partial charge in [-0.15, -0.1) is 0 Å². The predicted octanol–water partition coefficient (Wildman–Crippen LogP) is 13.8. The van der Waals surface area contributed by atoms with Gasteiger partial charge >= 0.3 is 0 Å². The van der Waals surface area contributed by atoms with Gasteiger partial charge in [-0.3, -0.25) is 4.57 Å². The first-order valence-electron chi connectivity index (χ1n) is 18.8. The SMILES string of the molecule is c1ccc(-c2nc(-n3c4c(-c5ccc6c7ccccc7c7ccccc7c6c5)c5ccccc5cc4c4ccc5ccccc5c43)nc3ccccc23)cc1. The lowest BCUT2D eigenvalue weighted by Crippen LogP contribution is -2.04. The summed E-state index contributed by atoms with van der Waals surface area (Å²) < 4.78 is 2.36. The highest BCUT2D eigenvalue weighted by Gasteiger charge is 2.24. The predicted molar refractivity (Wildman–Crippen MR) is 232 cm³/mol. The van der Waals surface area contributed by atoms with Crippen LogP contribution in [0.15, 0.2) is 188 Å². The normalized spacial score (nSPS) is 12.0. The lowest BCUT2D eigenvalue weighted by molar-refractivity contribution is 1.02. The zero-order valence-electron chi connectivity index (χ0n) is 29.7. The molecule has 0 fully saturated rings. The first-order valence-corrected chi connectivity index (χ1v) is 18.8. The van der Waals surface area contributed by atoms with Crippen molar-refractivity contribution in [3.63, 3.8) is 0 Å². The Hall–Kier alpha value is -7.36. The van der Waals surface area contributed by atoms with Gasteiger partial charge in [0.1, 0.15) is 0 Å². The maximum Gasteiger partial charge on any atom is 0.235 e. The number of hydrogen-bond donors (Lipinski definition) is 0. The Morgan fingerprint density at radius 1 is 0.309 bits per heavy atom. The number of hydrogen-bond acceptors (Lipinski definition) is 2. The minimum Gasteiger partial charge on any atom is -0.277 e. The Morgan fingerprint density at radius 2 is 0.873 bits per heavy atom. The molecule has 12 rings (SSSR count). The van der Waals surface area contributed by atoms with E-state index in [1.807, 2.05) is 0 Å². The van der Waals surface area contributed by atoms with E-state index in [0.717, 1.165) is 38.8 Å². The molecule has 0 N–H and O–H groups in total. The minimum absolute atomic E-state index is 0.655. The number of fused-ring (bicyclic) bond motifs is 13. The lowest BCUT2D eigenvalue weighted by atomic mass is 9.90. The Bertz CT molecular complexity index is 3510. The maximum atomic E-state index is 5.51. The molecular formula is C52H31N3. The van der Waals surface area contributed by atoms with Crippen molar-refractivity contribution < 1.29 is 0 Å². The molecule has 2 aromatic heterocycles. The smallest absolute Gasteiger partial charge is 0.235 e. The Kier molecular flexibility index (Phi) is 6.34. The van der Waals surface area contributed by atoms with E-state index in [0.29, 0.717) is 5.95 Å². The molecule has 0 radical (unpaired) electrons. The van der Waals surface area contributed by atoms with Gasteiger partial charge in [-0.1, -0.05) is 170 Å². The summed E-state index contributed by atoms with van der Waals surface area (Å²) in [6.45, 7) is 0. The van der Waals surface area contributed by atoms with Crippen molar-refractivity contribution in [2.45, 2.75) is 0 Å². The number of benzene rings is 10. The van der Waals surface area contributed by atoms with Crippen LogP contribution in [-0.2, 0) is 0 Å². The van der Waals surface area contributed by atoms with E-state index in [-0.39, 0.29) is 0 Å². The fourth-order valence-corrected chi connectivity index (χ4v) is 9.14. The summed E-state index contributed by atoms with van der Waals surface area (Å²) in [6, 6.07) is 67.9. The van der Waals surface area contributed by atoms with Gasteiger partial charge < -0.3 is 0 Å². The molecule has 0 aliphatic carbocycles. The molecule has 12 aromatic rings. The molecule has 0 atom stereocenters. The number of para-hydroxylation sites is 1. The van der Waals surface area contributed by atoms with E-state index in [1.165, 1.54) is 70.2 Å². The molecular weight excluding hydrogens is 667 g/mol. The molecule has 3 nitrogen and oxygen atoms in total. The highest BCUT2D eigenvalue weighted by molar-refractivity contribution is 6.28. The largest absolute Gasteiger partial charge is 0.277 e. The molecule has 254 valence electrons. The van der Waals surface area contributed by atoms with E-state index >= 15 is 0 Å². The molecule has 0 saturated carbocycles. The van der Waals surface area contributed by atoms with Crippen molar-refractivity contribution in [2.24, 2.45) is 0 Å². The van der Waals surface area contributed by atoms with Crippen LogP contribution >= 0.6 is 0 Å². The van der Waals surface area contributed by atoms with E-state index in [9.17, 15) is 0 Å². The molecule has 0 aliphatic rings. The standard InChI is InChI=1S/C52H31N3/c1-2-15-33(16-3-1)49-44-24-12-13-25-47(44)53-52(54-49)55-50-37-19-7-4-14-32(37)26-29-43(50)46-30-34-17-5-6-18-36(34)48(51(46)55)35-27-28-42-40-22-9-8-20-38(40)39-21-10-11-23-41(39)45(42)31-35/h1-31H. The minimum atomic E-state index is 0.655. The number of rotatable bonds is 3. The van der Waals surface area contributed by atoms with Crippen molar-refractivity contribution in [3.05, 3.63) is 188 Å². The number of nitrogens with zero attached hydrogens (tertiary/aromatic N) is 3. The molecule has 55 heavy (non-hydrogen) atoms. The monoisotopic (exact) mass is 697 g/mol. The second-order valence-corrected chi connectivity index (χ2v) is 14.5. The van der Waals surface area contributed by atoms with Crippen LogP contribution in [0.2, 0.25) is 0 Å². The van der Waals surface area contributed by atoms with Gasteiger partial charge in [0.2, 0.25) is 5.95 Å². The third-order valence-corrected chi connectivity index (χ3v) is 11.5. The summed E-state index contributed by atoms with van der Waals surface area (Å²) in [7, 11) is 0. The van der Waals surface area contributed by atoms with Gasteiger partial charge in [-0.2, -0.15) is 0 Å². The Labute approximate surface area is 316 Å². The van der Waals surface area contributed by atoms with Gasteiger partial charge in [0.05, 0.1) is 22.2 Å². The van der Waals surface area contributed by atoms with E-state index in [1.54, 1.807) is 0 Å². The average Bonchev–Trinajstić information content (AvgIpc) is 3.59. The zero-order chi connectivity index (χ0) is 36.0. The van der Waals surface area contributed by atoms with Gasteiger partial charge in [0.25, 0.3) is 0 Å². The summed E-state index contributed by atoms with van der Waals surface area (Å²) in [4.78, 5) is 10.9. The van der Waals surface area contributed by atoms with Crippen molar-refractivity contribution in [1.82, 2.24) is 14.5 Å². The Morgan fingerprint density at radius 3 is 1.62 bits per heavy atom. The van der Waals surface area contributed by atoms with E-state index in [4.69, 9.17) is 9.97 Å². The summed E-state index contributed by atoms with van der Waals surface area (Å²) in [5, 5.41) is 15.7. The summed E-state index contributed by atoms with van der Waals surface area (Å²) in [5.41, 5.74) is 7.43. The first-order chi connectivity index (χ1) is 27.3. The van der Waals surface area contributed by atoms with Crippen molar-refractivity contribution >= 4 is 86.6 Å². The lowest BCUT2D eigenvalue weighted by Gasteiger charge is -2.17. The number of aromatic nitrogens is 3. The van der Waals surface area contributed by atoms with Crippen LogP contribution in [0.25, 0.3) is 115 Å². The van der Waals surface area contributed by atoms with Gasteiger partial charge in [-0.05, 0) is 72.2 Å². The second-order valence-electron chi connectivity index (χ2n) is 14.5. The summed E-state index contributed by atoms with van der Waals surface area (Å²) >= 11 is 0. The molecule has 2 heterocycles. The van der Waals surface area contributed by atoms with Crippen molar-refractivity contribution in [3.8, 4) is 28.3 Å². The molecule has 3 heteroatoms. The van der Waals surface area contributed by atoms with Gasteiger partial charge in [-0.25, -0.2) is 9.97 Å². The molecule has 0 saturated heterocycles. The Balaban J connectivity index is 1.29. The fourth-order valence-electron chi connectivity index (χ4n) is 9.14. The van der Waals surface area contributed by atoms with Gasteiger partial charge in [0.15, 0.2) is 0 Å². The maximum absolute atomic E-state index is 5.51. The van der Waals surface area contributed by atoms with Crippen LogP contribution in [0.5, 0.6) is 0 Å². The summed E-state index contributed by atoms with van der Waals surface area (Å²) in [5.74, 6) is 0.655. The third kappa shape index (κ3) is 4.38. The quantitative estimate of drug-likeness (QED) is 0.172. The van der Waals surface area contributed by atoms with Gasteiger partial charge in [0, 0.05) is 32.7 Å². The molecule has 10 aromatic carbocycles. The van der Waals surface area contributed by atoms with E-state index in [2.05, 4.69) is 193 Å². The van der Waals surface area contributed by atoms with Crippen LogP contribution in [-0.4, -0.2) is 14.5 Å². The molecule has 0 bridgehead atoms. The molecule has 0 amide bonds. The van der Waals surface area contributed by atoms with Crippen LogP contribution in [0.4, 0.5) is 0 Å². The molecule has 0 aliphatic heterocycles. The third-order valence-electron chi connectivity index (χ3n) is 11.5. The van der Waals surface area contributed by atoms with E-state index < -0.39 is 0 Å². The van der Waals surface area contributed by atoms with Crippen molar-refractivity contribution in [2.75, 3.05) is 0 Å². The first kappa shape index (κ1) is 30.1. The average molecular weight is 698 g/mol. The topological polar surface area (TPSA) is 30.7 Å².